The highest BCUT2D eigenvalue weighted by Crippen LogP contribution is 2.25. The summed E-state index contributed by atoms with van der Waals surface area (Å²) in [5.41, 5.74) is 0.891. The zero-order chi connectivity index (χ0) is 18.9. The SMILES string of the molecule is COc1cccc(N2CC(CNS(=O)(=O)c3c(C)noc3C)OC2=O)c1. The lowest BCUT2D eigenvalue weighted by atomic mass is 10.2. The third kappa shape index (κ3) is 3.51. The molecule has 9 nitrogen and oxygen atoms in total. The number of methoxy groups -OCH3 is 1. The summed E-state index contributed by atoms with van der Waals surface area (Å²) < 4.78 is 42.6. The molecule has 10 heteroatoms. The number of hydrogen-bond donors (Lipinski definition) is 1. The molecule has 0 aliphatic carbocycles. The molecule has 1 amide bonds. The Morgan fingerprint density at radius 3 is 2.81 bits per heavy atom. The van der Waals surface area contributed by atoms with Crippen LogP contribution in [-0.4, -0.2) is 46.0 Å². The van der Waals surface area contributed by atoms with Crippen molar-refractivity contribution in [2.24, 2.45) is 0 Å². The summed E-state index contributed by atoms with van der Waals surface area (Å²) in [6.07, 6.45) is -1.16. The van der Waals surface area contributed by atoms with Crippen LogP contribution in [0.3, 0.4) is 0 Å². The molecule has 1 aromatic heterocycles. The number of aryl methyl sites for hydroxylation is 2. The van der Waals surface area contributed by atoms with Gasteiger partial charge in [-0.2, -0.15) is 0 Å². The lowest BCUT2D eigenvalue weighted by Gasteiger charge is -2.14. The number of anilines is 1. The minimum Gasteiger partial charge on any atom is -0.497 e. The molecule has 0 radical (unpaired) electrons. The minimum atomic E-state index is -3.81. The highest BCUT2D eigenvalue weighted by atomic mass is 32.2. The zero-order valence-corrected chi connectivity index (χ0v) is 15.4. The molecule has 0 saturated carbocycles. The molecule has 1 aliphatic rings. The summed E-state index contributed by atoms with van der Waals surface area (Å²) in [6, 6.07) is 6.98. The summed E-state index contributed by atoms with van der Waals surface area (Å²) in [5, 5.41) is 3.64. The molecular weight excluding hydrogens is 362 g/mol. The lowest BCUT2D eigenvalue weighted by Crippen LogP contribution is -2.35. The predicted octanol–water partition coefficient (Wildman–Crippen LogP) is 1.60. The number of aromatic nitrogens is 1. The number of amides is 1. The molecular formula is C16H19N3O6S. The van der Waals surface area contributed by atoms with E-state index < -0.39 is 22.2 Å². The molecule has 1 atom stereocenters. The number of carbonyl (C=O) groups is 1. The van der Waals surface area contributed by atoms with Gasteiger partial charge in [0.15, 0.2) is 5.76 Å². The van der Waals surface area contributed by atoms with Gasteiger partial charge in [-0.15, -0.1) is 0 Å². The molecule has 1 saturated heterocycles. The number of nitrogens with one attached hydrogen (secondary N) is 1. The summed E-state index contributed by atoms with van der Waals surface area (Å²) in [7, 11) is -2.28. The van der Waals surface area contributed by atoms with E-state index in [2.05, 4.69) is 9.88 Å². The summed E-state index contributed by atoms with van der Waals surface area (Å²) >= 11 is 0. The topological polar surface area (TPSA) is 111 Å². The Hall–Kier alpha value is -2.59. The largest absolute Gasteiger partial charge is 0.497 e. The van der Waals surface area contributed by atoms with E-state index in [1.165, 1.54) is 18.9 Å². The third-order valence-electron chi connectivity index (χ3n) is 3.98. The Balaban J connectivity index is 1.68. The van der Waals surface area contributed by atoms with Crippen LogP contribution in [-0.2, 0) is 14.8 Å². The standard InChI is InChI=1S/C16H19N3O6S/c1-10-15(11(2)25-18-10)26(21,22)17-8-14-9-19(16(20)24-14)12-5-4-6-13(7-12)23-3/h4-7,14,17H,8-9H2,1-3H3. The number of ether oxygens (including phenoxy) is 2. The molecule has 2 heterocycles. The molecule has 1 aromatic carbocycles. The van der Waals surface area contributed by atoms with Gasteiger partial charge in [-0.1, -0.05) is 11.2 Å². The van der Waals surface area contributed by atoms with Crippen molar-refractivity contribution in [3.05, 3.63) is 35.7 Å². The molecule has 1 unspecified atom stereocenters. The van der Waals surface area contributed by atoms with Crippen molar-refractivity contribution in [1.82, 2.24) is 9.88 Å². The van der Waals surface area contributed by atoms with E-state index >= 15 is 0 Å². The second-order valence-corrected chi connectivity index (χ2v) is 7.53. The van der Waals surface area contributed by atoms with Gasteiger partial charge in [-0.25, -0.2) is 17.9 Å². The maximum absolute atomic E-state index is 12.4. The molecule has 0 spiro atoms. The first-order valence-corrected chi connectivity index (χ1v) is 9.35. The van der Waals surface area contributed by atoms with Crippen molar-refractivity contribution in [3.63, 3.8) is 0 Å². The first kappa shape index (κ1) is 18.2. The summed E-state index contributed by atoms with van der Waals surface area (Å²) in [6.45, 7) is 3.23. The van der Waals surface area contributed by atoms with Crippen molar-refractivity contribution < 1.29 is 27.2 Å². The predicted molar refractivity (Wildman–Crippen MR) is 91.8 cm³/mol. The van der Waals surface area contributed by atoms with Crippen LogP contribution in [0, 0.1) is 13.8 Å². The first-order valence-electron chi connectivity index (χ1n) is 7.86. The van der Waals surface area contributed by atoms with Crippen molar-refractivity contribution in [1.29, 1.82) is 0 Å². The van der Waals surface area contributed by atoms with Crippen molar-refractivity contribution in [2.75, 3.05) is 25.1 Å². The summed E-state index contributed by atoms with van der Waals surface area (Å²) in [4.78, 5) is 13.5. The van der Waals surface area contributed by atoms with E-state index in [-0.39, 0.29) is 29.4 Å². The molecule has 1 fully saturated rings. The number of hydrogen-bond acceptors (Lipinski definition) is 7. The zero-order valence-electron chi connectivity index (χ0n) is 14.6. The van der Waals surface area contributed by atoms with Gasteiger partial charge in [-0.3, -0.25) is 4.90 Å². The number of sulfonamides is 1. The van der Waals surface area contributed by atoms with E-state index in [9.17, 15) is 13.2 Å². The van der Waals surface area contributed by atoms with Crippen LogP contribution in [0.15, 0.2) is 33.7 Å². The van der Waals surface area contributed by atoms with Gasteiger partial charge in [0.05, 0.1) is 19.3 Å². The van der Waals surface area contributed by atoms with E-state index in [0.717, 1.165) is 0 Å². The smallest absolute Gasteiger partial charge is 0.414 e. The van der Waals surface area contributed by atoms with Gasteiger partial charge in [0.1, 0.15) is 22.4 Å². The van der Waals surface area contributed by atoms with Gasteiger partial charge in [0.2, 0.25) is 10.0 Å². The quantitative estimate of drug-likeness (QED) is 0.809. The number of carbonyl (C=O) groups excluding carboxylic acids is 1. The Morgan fingerprint density at radius 2 is 2.15 bits per heavy atom. The van der Waals surface area contributed by atoms with Crippen molar-refractivity contribution in [2.45, 2.75) is 24.8 Å². The summed E-state index contributed by atoms with van der Waals surface area (Å²) in [5.74, 6) is 0.814. The van der Waals surface area contributed by atoms with E-state index in [1.54, 1.807) is 31.2 Å². The van der Waals surface area contributed by atoms with Crippen LogP contribution in [0.2, 0.25) is 0 Å². The normalized spacial score (nSPS) is 17.4. The van der Waals surface area contributed by atoms with Crippen LogP contribution < -0.4 is 14.4 Å². The Kier molecular flexibility index (Phi) is 4.88. The molecule has 3 rings (SSSR count). The van der Waals surface area contributed by atoms with Gasteiger partial charge >= 0.3 is 6.09 Å². The lowest BCUT2D eigenvalue weighted by molar-refractivity contribution is 0.143. The molecule has 1 N–H and O–H groups in total. The number of rotatable bonds is 6. The minimum absolute atomic E-state index is 0.00600. The van der Waals surface area contributed by atoms with E-state index in [4.69, 9.17) is 14.0 Å². The maximum Gasteiger partial charge on any atom is 0.414 e. The fourth-order valence-corrected chi connectivity index (χ4v) is 4.14. The van der Waals surface area contributed by atoms with Crippen LogP contribution in [0.4, 0.5) is 10.5 Å². The van der Waals surface area contributed by atoms with Crippen LogP contribution in [0.5, 0.6) is 5.75 Å². The highest BCUT2D eigenvalue weighted by molar-refractivity contribution is 7.89. The number of nitrogens with zero attached hydrogens (tertiary/aromatic N) is 2. The van der Waals surface area contributed by atoms with Gasteiger partial charge in [0.25, 0.3) is 0 Å². The molecule has 1 aliphatic heterocycles. The van der Waals surface area contributed by atoms with Gasteiger partial charge < -0.3 is 14.0 Å². The fourth-order valence-electron chi connectivity index (χ4n) is 2.75. The number of cyclic esters (lactones) is 1. The Morgan fingerprint density at radius 1 is 1.38 bits per heavy atom. The van der Waals surface area contributed by atoms with E-state index in [1.807, 2.05) is 0 Å². The second kappa shape index (κ2) is 6.96. The van der Waals surface area contributed by atoms with Gasteiger partial charge in [0, 0.05) is 12.6 Å². The Bertz CT molecular complexity index is 904. The fraction of sp³-hybridized carbons (Fsp3) is 0.375. The number of benzene rings is 1. The molecule has 26 heavy (non-hydrogen) atoms. The van der Waals surface area contributed by atoms with Crippen molar-refractivity contribution >= 4 is 21.8 Å². The highest BCUT2D eigenvalue weighted by Gasteiger charge is 2.34. The average molecular weight is 381 g/mol. The Labute approximate surface area is 150 Å². The van der Waals surface area contributed by atoms with Crippen LogP contribution in [0.25, 0.3) is 0 Å². The molecule has 0 bridgehead atoms. The van der Waals surface area contributed by atoms with Crippen LogP contribution in [0.1, 0.15) is 11.5 Å². The maximum atomic E-state index is 12.4. The molecule has 140 valence electrons. The average Bonchev–Trinajstić information content (AvgIpc) is 3.15. The molecule has 2 aromatic rings. The third-order valence-corrected chi connectivity index (χ3v) is 5.64. The first-order chi connectivity index (χ1) is 12.3. The van der Waals surface area contributed by atoms with Gasteiger partial charge in [-0.05, 0) is 26.0 Å². The van der Waals surface area contributed by atoms with Crippen LogP contribution >= 0.6 is 0 Å². The van der Waals surface area contributed by atoms with E-state index in [0.29, 0.717) is 11.4 Å². The second-order valence-electron chi connectivity index (χ2n) is 5.82. The monoisotopic (exact) mass is 381 g/mol. The van der Waals surface area contributed by atoms with Crippen molar-refractivity contribution in [3.8, 4) is 5.75 Å².